The molecular formula is C18H21N3O3. The van der Waals surface area contributed by atoms with Crippen molar-refractivity contribution in [1.29, 1.82) is 0 Å². The van der Waals surface area contributed by atoms with Crippen LogP contribution in [0.2, 0.25) is 0 Å². The molecule has 2 atom stereocenters. The molecule has 0 radical (unpaired) electrons. The molecule has 1 aromatic carbocycles. The summed E-state index contributed by atoms with van der Waals surface area (Å²) in [5.74, 6) is -0.105. The summed E-state index contributed by atoms with van der Waals surface area (Å²) in [5.41, 5.74) is 1.86. The third kappa shape index (κ3) is 4.37. The Morgan fingerprint density at radius 3 is 2.83 bits per heavy atom. The Balaban J connectivity index is 1.46. The molecule has 1 aliphatic rings. The van der Waals surface area contributed by atoms with Gasteiger partial charge in [-0.25, -0.2) is 0 Å². The van der Waals surface area contributed by atoms with Gasteiger partial charge in [-0.05, 0) is 12.0 Å². The van der Waals surface area contributed by atoms with Crippen LogP contribution in [0.15, 0.2) is 48.9 Å². The van der Waals surface area contributed by atoms with Crippen molar-refractivity contribution in [2.75, 3.05) is 19.7 Å². The van der Waals surface area contributed by atoms with Gasteiger partial charge in [0.1, 0.15) is 6.61 Å². The van der Waals surface area contributed by atoms with E-state index in [4.69, 9.17) is 4.74 Å². The maximum atomic E-state index is 12.2. The van der Waals surface area contributed by atoms with Crippen molar-refractivity contribution in [3.05, 3.63) is 60.2 Å². The van der Waals surface area contributed by atoms with Crippen LogP contribution in [0.4, 0.5) is 0 Å². The number of ether oxygens (including phenoxy) is 1. The molecule has 0 aliphatic carbocycles. The molecule has 0 unspecified atom stereocenters. The van der Waals surface area contributed by atoms with Gasteiger partial charge in [-0.3, -0.25) is 14.8 Å². The van der Waals surface area contributed by atoms with Gasteiger partial charge < -0.3 is 14.7 Å². The highest BCUT2D eigenvalue weighted by atomic mass is 16.5. The molecule has 6 heteroatoms. The first-order valence-corrected chi connectivity index (χ1v) is 8.05. The van der Waals surface area contributed by atoms with Crippen molar-refractivity contribution in [3.63, 3.8) is 0 Å². The van der Waals surface area contributed by atoms with Gasteiger partial charge in [0.05, 0.1) is 18.4 Å². The van der Waals surface area contributed by atoms with Crippen LogP contribution in [0.3, 0.4) is 0 Å². The summed E-state index contributed by atoms with van der Waals surface area (Å²) in [6.07, 6.45) is 5.03. The second-order valence-corrected chi connectivity index (χ2v) is 6.01. The molecule has 6 nitrogen and oxygen atoms in total. The number of hydrogen-bond acceptors (Lipinski definition) is 5. The number of nitrogens with zero attached hydrogens (tertiary/aromatic N) is 3. The predicted molar refractivity (Wildman–Crippen MR) is 87.9 cm³/mol. The van der Waals surface area contributed by atoms with Gasteiger partial charge in [-0.1, -0.05) is 30.3 Å². The molecule has 24 heavy (non-hydrogen) atoms. The van der Waals surface area contributed by atoms with Crippen LogP contribution in [0.25, 0.3) is 0 Å². The molecule has 1 aliphatic heterocycles. The molecule has 0 saturated carbocycles. The summed E-state index contributed by atoms with van der Waals surface area (Å²) >= 11 is 0. The number of hydrogen-bond donors (Lipinski definition) is 1. The topological polar surface area (TPSA) is 75.5 Å². The smallest absolute Gasteiger partial charge is 0.248 e. The summed E-state index contributed by atoms with van der Waals surface area (Å²) in [7, 11) is 0. The zero-order valence-corrected chi connectivity index (χ0v) is 13.4. The van der Waals surface area contributed by atoms with Crippen LogP contribution < -0.4 is 0 Å². The zero-order chi connectivity index (χ0) is 16.8. The first-order valence-electron chi connectivity index (χ1n) is 8.05. The van der Waals surface area contributed by atoms with Crippen molar-refractivity contribution < 1.29 is 14.6 Å². The average molecular weight is 327 g/mol. The Morgan fingerprint density at radius 2 is 2.08 bits per heavy atom. The summed E-state index contributed by atoms with van der Waals surface area (Å²) in [4.78, 5) is 22.2. The minimum Gasteiger partial charge on any atom is -0.391 e. The fraction of sp³-hybridized carbons (Fsp3) is 0.389. The number of β-amino-alcohol motifs (C(OH)–C–C–N with tert-alkyl or cyclic N) is 1. The van der Waals surface area contributed by atoms with Gasteiger partial charge in [0.2, 0.25) is 5.91 Å². The maximum absolute atomic E-state index is 12.2. The second kappa shape index (κ2) is 7.99. The first kappa shape index (κ1) is 16.5. The fourth-order valence-electron chi connectivity index (χ4n) is 2.88. The molecule has 1 aromatic heterocycles. The van der Waals surface area contributed by atoms with Gasteiger partial charge in [0, 0.05) is 37.6 Å². The molecule has 126 valence electrons. The highest BCUT2D eigenvalue weighted by molar-refractivity contribution is 5.77. The van der Waals surface area contributed by atoms with E-state index in [9.17, 15) is 9.90 Å². The number of aliphatic hydroxyl groups is 1. The van der Waals surface area contributed by atoms with Gasteiger partial charge in [0.25, 0.3) is 0 Å². The number of likely N-dealkylation sites (tertiary alicyclic amines) is 1. The molecular weight excluding hydrogens is 306 g/mol. The highest BCUT2D eigenvalue weighted by Gasteiger charge is 2.34. The fourth-order valence-corrected chi connectivity index (χ4v) is 2.88. The Labute approximate surface area is 141 Å². The number of benzene rings is 1. The average Bonchev–Trinajstić information content (AvgIpc) is 2.97. The lowest BCUT2D eigenvalue weighted by atomic mass is 10.0. The number of aromatic nitrogens is 2. The number of amides is 1. The van der Waals surface area contributed by atoms with E-state index in [1.165, 1.54) is 0 Å². The first-order chi connectivity index (χ1) is 11.7. The molecule has 1 amide bonds. The lowest BCUT2D eigenvalue weighted by molar-refractivity contribution is -0.135. The molecule has 2 aromatic rings. The minimum atomic E-state index is -0.537. The monoisotopic (exact) mass is 327 g/mol. The van der Waals surface area contributed by atoms with Crippen molar-refractivity contribution in [2.45, 2.75) is 19.1 Å². The SMILES string of the molecule is O=C(COCc1ccccc1)N1C[C@@H](Cc2cnccn2)[C@H](O)C1. The highest BCUT2D eigenvalue weighted by Crippen LogP contribution is 2.20. The van der Waals surface area contributed by atoms with Crippen molar-refractivity contribution in [3.8, 4) is 0 Å². The lowest BCUT2D eigenvalue weighted by Crippen LogP contribution is -2.32. The van der Waals surface area contributed by atoms with E-state index in [1.807, 2.05) is 30.3 Å². The summed E-state index contributed by atoms with van der Waals surface area (Å²) in [6.45, 7) is 1.30. The molecule has 1 saturated heterocycles. The standard InChI is InChI=1S/C18H21N3O3/c22-17-11-21(10-15(17)8-16-9-19-6-7-20-16)18(23)13-24-12-14-4-2-1-3-5-14/h1-7,9,15,17,22H,8,10-13H2/t15-,17-/m1/s1. The minimum absolute atomic E-state index is 0.0141. The maximum Gasteiger partial charge on any atom is 0.248 e. The molecule has 0 bridgehead atoms. The van der Waals surface area contributed by atoms with E-state index < -0.39 is 6.10 Å². The Bertz CT molecular complexity index is 651. The van der Waals surface area contributed by atoms with Crippen LogP contribution in [0.5, 0.6) is 0 Å². The van der Waals surface area contributed by atoms with E-state index >= 15 is 0 Å². The number of rotatable bonds is 6. The Kier molecular flexibility index (Phi) is 5.51. The van der Waals surface area contributed by atoms with Crippen molar-refractivity contribution in [1.82, 2.24) is 14.9 Å². The van der Waals surface area contributed by atoms with Gasteiger partial charge >= 0.3 is 0 Å². The van der Waals surface area contributed by atoms with Crippen LogP contribution in [0, 0.1) is 5.92 Å². The van der Waals surface area contributed by atoms with Gasteiger partial charge in [-0.2, -0.15) is 0 Å². The number of carbonyl (C=O) groups excluding carboxylic acids is 1. The molecule has 1 N–H and O–H groups in total. The van der Waals surface area contributed by atoms with E-state index in [1.54, 1.807) is 23.5 Å². The van der Waals surface area contributed by atoms with E-state index in [0.29, 0.717) is 26.1 Å². The normalized spacial score (nSPS) is 20.3. The van der Waals surface area contributed by atoms with Crippen molar-refractivity contribution in [2.24, 2.45) is 5.92 Å². The van der Waals surface area contributed by atoms with Crippen LogP contribution >= 0.6 is 0 Å². The molecule has 2 heterocycles. The van der Waals surface area contributed by atoms with Crippen LogP contribution in [-0.2, 0) is 22.6 Å². The quantitative estimate of drug-likeness (QED) is 0.858. The zero-order valence-electron chi connectivity index (χ0n) is 13.4. The predicted octanol–water partition coefficient (Wildman–Crippen LogP) is 1.06. The molecule has 3 rings (SSSR count). The van der Waals surface area contributed by atoms with Crippen LogP contribution in [-0.4, -0.2) is 51.7 Å². The second-order valence-electron chi connectivity index (χ2n) is 6.01. The third-order valence-corrected chi connectivity index (χ3v) is 4.18. The summed E-state index contributed by atoms with van der Waals surface area (Å²) in [6, 6.07) is 9.74. The Morgan fingerprint density at radius 1 is 1.25 bits per heavy atom. The third-order valence-electron chi connectivity index (χ3n) is 4.18. The number of carbonyl (C=O) groups is 1. The summed E-state index contributed by atoms with van der Waals surface area (Å²) < 4.78 is 5.49. The largest absolute Gasteiger partial charge is 0.391 e. The molecule has 0 spiro atoms. The van der Waals surface area contributed by atoms with Gasteiger partial charge in [0.15, 0.2) is 0 Å². The van der Waals surface area contributed by atoms with E-state index in [0.717, 1.165) is 11.3 Å². The summed E-state index contributed by atoms with van der Waals surface area (Å²) in [5, 5.41) is 10.2. The van der Waals surface area contributed by atoms with Crippen LogP contribution in [0.1, 0.15) is 11.3 Å². The van der Waals surface area contributed by atoms with Crippen molar-refractivity contribution >= 4 is 5.91 Å². The molecule has 1 fully saturated rings. The van der Waals surface area contributed by atoms with E-state index in [-0.39, 0.29) is 18.4 Å². The van der Waals surface area contributed by atoms with Gasteiger partial charge in [-0.15, -0.1) is 0 Å². The number of aliphatic hydroxyl groups excluding tert-OH is 1. The Hall–Kier alpha value is -2.31. The lowest BCUT2D eigenvalue weighted by Gasteiger charge is -2.16. The van der Waals surface area contributed by atoms with E-state index in [2.05, 4.69) is 9.97 Å².